The predicted molar refractivity (Wildman–Crippen MR) is 197 cm³/mol. The minimum Gasteiger partial charge on any atom is -0.496 e. The zero-order valence-electron chi connectivity index (χ0n) is 28.1. The van der Waals surface area contributed by atoms with E-state index in [-0.39, 0.29) is 11.8 Å². The number of hydrogen-bond acceptors (Lipinski definition) is 4. The topological polar surface area (TPSA) is 76.7 Å². The van der Waals surface area contributed by atoms with Crippen LogP contribution in [0.3, 0.4) is 0 Å². The highest BCUT2D eigenvalue weighted by molar-refractivity contribution is 6.37. The third kappa shape index (κ3) is 6.76. The van der Waals surface area contributed by atoms with Crippen molar-refractivity contribution in [3.05, 3.63) is 117 Å². The number of carbonyl (C=O) groups excluding carboxylic acids is 2. The number of halogens is 1. The standard InChI is InChI=1S/C21H21NO2.C20H20ClNO2/c1-24-20-11-10-14(12-17(20)15-6-2-3-7-15)13-18-16-8-4-5-9-19(16)22-21(18)23;1-11(2)15-8-13(12(3)7-19(15)24-4)9-17-16-10-14(21)5-6-18(16)22-20(17)23/h4-5,8-13,15H,2-3,6-7H2,1H3,(H,22,23);5-11H,1-4H3,(H,22,23). The van der Waals surface area contributed by atoms with Crippen LogP contribution in [0.15, 0.2) is 72.8 Å². The molecule has 7 heteroatoms. The molecule has 0 saturated heterocycles. The Labute approximate surface area is 287 Å². The summed E-state index contributed by atoms with van der Waals surface area (Å²) in [7, 11) is 3.41. The van der Waals surface area contributed by atoms with Crippen molar-refractivity contribution in [2.45, 2.75) is 58.3 Å². The molecule has 1 saturated carbocycles. The van der Waals surface area contributed by atoms with Gasteiger partial charge in [-0.05, 0) is 120 Å². The van der Waals surface area contributed by atoms with E-state index in [1.54, 1.807) is 20.3 Å². The molecule has 4 aromatic carbocycles. The number of rotatable bonds is 6. The van der Waals surface area contributed by atoms with Crippen molar-refractivity contribution in [1.29, 1.82) is 0 Å². The van der Waals surface area contributed by atoms with Crippen molar-refractivity contribution in [1.82, 2.24) is 0 Å². The molecule has 0 bridgehead atoms. The van der Waals surface area contributed by atoms with Gasteiger partial charge >= 0.3 is 0 Å². The maximum Gasteiger partial charge on any atom is 0.256 e. The van der Waals surface area contributed by atoms with Gasteiger partial charge in [-0.25, -0.2) is 0 Å². The Morgan fingerprint density at radius 1 is 0.771 bits per heavy atom. The molecule has 1 fully saturated rings. The Morgan fingerprint density at radius 2 is 1.44 bits per heavy atom. The van der Waals surface area contributed by atoms with Crippen LogP contribution in [0.1, 0.15) is 90.3 Å². The Bertz CT molecular complexity index is 1950. The van der Waals surface area contributed by atoms with Crippen LogP contribution >= 0.6 is 11.6 Å². The molecule has 0 aromatic heterocycles. The van der Waals surface area contributed by atoms with Gasteiger partial charge in [0.2, 0.25) is 0 Å². The number of fused-ring (bicyclic) bond motifs is 2. The van der Waals surface area contributed by atoms with E-state index in [0.717, 1.165) is 61.8 Å². The number of benzene rings is 4. The third-order valence-corrected chi connectivity index (χ3v) is 9.61. The van der Waals surface area contributed by atoms with Crippen molar-refractivity contribution in [3.63, 3.8) is 0 Å². The first kappa shape index (κ1) is 33.1. The second-order valence-corrected chi connectivity index (χ2v) is 13.3. The number of anilines is 2. The van der Waals surface area contributed by atoms with Crippen LogP contribution in [0.5, 0.6) is 11.5 Å². The van der Waals surface area contributed by atoms with Crippen molar-refractivity contribution >= 4 is 58.1 Å². The fourth-order valence-corrected chi connectivity index (χ4v) is 6.98. The molecular formula is C41H41ClN2O4. The molecular weight excluding hydrogens is 620 g/mol. The van der Waals surface area contributed by atoms with Crippen LogP contribution < -0.4 is 20.1 Å². The number of aryl methyl sites for hydroxylation is 1. The van der Waals surface area contributed by atoms with Crippen molar-refractivity contribution in [2.75, 3.05) is 24.9 Å². The van der Waals surface area contributed by atoms with E-state index in [1.165, 1.54) is 31.2 Å². The molecule has 2 aliphatic heterocycles. The number of methoxy groups -OCH3 is 2. The fourth-order valence-electron chi connectivity index (χ4n) is 6.81. The summed E-state index contributed by atoms with van der Waals surface area (Å²) in [6.45, 7) is 6.27. The molecule has 48 heavy (non-hydrogen) atoms. The fraction of sp³-hybridized carbons (Fsp3) is 0.268. The monoisotopic (exact) mass is 660 g/mol. The summed E-state index contributed by atoms with van der Waals surface area (Å²) in [5.74, 6) is 2.60. The van der Waals surface area contributed by atoms with Gasteiger partial charge in [-0.15, -0.1) is 0 Å². The van der Waals surface area contributed by atoms with Crippen molar-refractivity contribution < 1.29 is 19.1 Å². The summed E-state index contributed by atoms with van der Waals surface area (Å²) in [6, 6.07) is 23.6. The number of nitrogens with one attached hydrogen (secondary N) is 2. The number of ether oxygens (including phenoxy) is 2. The van der Waals surface area contributed by atoms with Crippen molar-refractivity contribution in [3.8, 4) is 11.5 Å². The minimum absolute atomic E-state index is 0.0329. The number of para-hydroxylation sites is 1. The average Bonchev–Trinajstić information content (AvgIpc) is 3.80. The highest BCUT2D eigenvalue weighted by Crippen LogP contribution is 2.41. The maximum absolute atomic E-state index is 12.4. The van der Waals surface area contributed by atoms with Crippen LogP contribution in [0, 0.1) is 6.92 Å². The van der Waals surface area contributed by atoms with E-state index in [0.29, 0.717) is 22.4 Å². The SMILES string of the molecule is COc1cc(C)c(C=C2C(=O)Nc3ccc(Cl)cc32)cc1C(C)C.COc1ccc(C=C2C(=O)Nc3ccccc32)cc1C1CCCC1. The molecule has 1 aliphatic carbocycles. The van der Waals surface area contributed by atoms with Gasteiger partial charge < -0.3 is 20.1 Å². The van der Waals surface area contributed by atoms with Gasteiger partial charge in [0.05, 0.1) is 14.2 Å². The normalized spacial score (nSPS) is 16.8. The highest BCUT2D eigenvalue weighted by Gasteiger charge is 2.26. The highest BCUT2D eigenvalue weighted by atomic mass is 35.5. The number of hydrogen-bond donors (Lipinski definition) is 2. The smallest absolute Gasteiger partial charge is 0.256 e. The zero-order chi connectivity index (χ0) is 33.9. The van der Waals surface area contributed by atoms with E-state index in [2.05, 4.69) is 36.6 Å². The molecule has 6 nitrogen and oxygen atoms in total. The van der Waals surface area contributed by atoms with Crippen LogP contribution in [-0.4, -0.2) is 26.0 Å². The third-order valence-electron chi connectivity index (χ3n) is 9.37. The lowest BCUT2D eigenvalue weighted by Gasteiger charge is -2.15. The van der Waals surface area contributed by atoms with Gasteiger partial charge in [0.1, 0.15) is 11.5 Å². The van der Waals surface area contributed by atoms with E-state index in [1.807, 2.05) is 73.7 Å². The summed E-state index contributed by atoms with van der Waals surface area (Å²) >= 11 is 6.09. The van der Waals surface area contributed by atoms with E-state index < -0.39 is 0 Å². The molecule has 4 aromatic rings. The Hall–Kier alpha value is -4.81. The van der Waals surface area contributed by atoms with Crippen molar-refractivity contribution in [2.24, 2.45) is 0 Å². The first-order valence-electron chi connectivity index (χ1n) is 16.5. The Balaban J connectivity index is 0.000000167. The lowest BCUT2D eigenvalue weighted by Crippen LogP contribution is -2.04. The maximum atomic E-state index is 12.4. The Kier molecular flexibility index (Phi) is 9.74. The minimum atomic E-state index is -0.103. The zero-order valence-corrected chi connectivity index (χ0v) is 28.8. The first-order chi connectivity index (χ1) is 23.2. The van der Waals surface area contributed by atoms with Crippen LogP contribution in [-0.2, 0) is 9.59 Å². The molecule has 0 spiro atoms. The molecule has 7 rings (SSSR count). The summed E-state index contributed by atoms with van der Waals surface area (Å²) in [5, 5.41) is 6.43. The number of amides is 2. The van der Waals surface area contributed by atoms with Gasteiger partial charge in [-0.3, -0.25) is 9.59 Å². The van der Waals surface area contributed by atoms with Gasteiger partial charge in [0.25, 0.3) is 11.8 Å². The lowest BCUT2D eigenvalue weighted by atomic mass is 9.94. The molecule has 0 atom stereocenters. The molecule has 3 aliphatic rings. The largest absolute Gasteiger partial charge is 0.496 e. The van der Waals surface area contributed by atoms with Crippen LogP contribution in [0.25, 0.3) is 23.3 Å². The molecule has 246 valence electrons. The van der Waals surface area contributed by atoms with Crippen LogP contribution in [0.2, 0.25) is 5.02 Å². The second kappa shape index (κ2) is 14.1. The van der Waals surface area contributed by atoms with Gasteiger partial charge in [0, 0.05) is 38.7 Å². The quantitative estimate of drug-likeness (QED) is 0.202. The summed E-state index contributed by atoms with van der Waals surface area (Å²) in [4.78, 5) is 24.6. The molecule has 0 unspecified atom stereocenters. The first-order valence-corrected chi connectivity index (χ1v) is 16.9. The Morgan fingerprint density at radius 3 is 2.12 bits per heavy atom. The van der Waals surface area contributed by atoms with E-state index in [4.69, 9.17) is 21.1 Å². The summed E-state index contributed by atoms with van der Waals surface area (Å²) in [5.41, 5.74) is 10.4. The van der Waals surface area contributed by atoms with Gasteiger partial charge in [0.15, 0.2) is 0 Å². The van der Waals surface area contributed by atoms with E-state index in [9.17, 15) is 9.59 Å². The molecule has 2 amide bonds. The number of carbonyl (C=O) groups is 2. The lowest BCUT2D eigenvalue weighted by molar-refractivity contribution is -0.111. The molecule has 2 heterocycles. The van der Waals surface area contributed by atoms with Crippen LogP contribution in [0.4, 0.5) is 11.4 Å². The van der Waals surface area contributed by atoms with Gasteiger partial charge in [-0.1, -0.05) is 62.6 Å². The predicted octanol–water partition coefficient (Wildman–Crippen LogP) is 10.1. The van der Waals surface area contributed by atoms with E-state index >= 15 is 0 Å². The molecule has 0 radical (unpaired) electrons. The average molecular weight is 661 g/mol. The summed E-state index contributed by atoms with van der Waals surface area (Å²) in [6.07, 6.45) is 8.93. The molecule has 2 N–H and O–H groups in total. The second-order valence-electron chi connectivity index (χ2n) is 12.8. The summed E-state index contributed by atoms with van der Waals surface area (Å²) < 4.78 is 11.0. The van der Waals surface area contributed by atoms with Gasteiger partial charge in [-0.2, -0.15) is 0 Å².